The molecule has 1 atom stereocenters. The molecule has 3 heterocycles. The molecular weight excluding hydrogens is 416 g/mol. The summed E-state index contributed by atoms with van der Waals surface area (Å²) in [6.45, 7) is 7.29. The van der Waals surface area contributed by atoms with Crippen molar-refractivity contribution in [2.24, 2.45) is 5.92 Å². The number of hydrogen-bond acceptors (Lipinski definition) is 5. The number of benzene rings is 2. The van der Waals surface area contributed by atoms with E-state index in [9.17, 15) is 9.59 Å². The molecule has 1 aromatic heterocycles. The number of pyridine rings is 1. The summed E-state index contributed by atoms with van der Waals surface area (Å²) in [5, 5.41) is 2.20. The average Bonchev–Trinajstić information content (AvgIpc) is 3.11. The van der Waals surface area contributed by atoms with Crippen LogP contribution in [-0.4, -0.2) is 23.4 Å². The van der Waals surface area contributed by atoms with E-state index in [0.29, 0.717) is 11.1 Å². The van der Waals surface area contributed by atoms with Crippen molar-refractivity contribution in [2.75, 3.05) is 6.61 Å². The van der Waals surface area contributed by atoms with Gasteiger partial charge in [0.1, 0.15) is 17.6 Å². The molecule has 2 aromatic carbocycles. The maximum atomic E-state index is 10.9. The fourth-order valence-corrected chi connectivity index (χ4v) is 3.94. The van der Waals surface area contributed by atoms with Crippen molar-refractivity contribution in [3.05, 3.63) is 77.6 Å². The van der Waals surface area contributed by atoms with Crippen LogP contribution in [0.2, 0.25) is 0 Å². The molecular formula is C27H28N2O4. The highest BCUT2D eigenvalue weighted by Crippen LogP contribution is 2.43. The molecule has 5 rings (SSSR count). The molecule has 0 saturated heterocycles. The lowest BCUT2D eigenvalue weighted by Gasteiger charge is -2.26. The van der Waals surface area contributed by atoms with E-state index in [4.69, 9.17) is 9.47 Å². The van der Waals surface area contributed by atoms with Gasteiger partial charge in [-0.2, -0.15) is 0 Å². The van der Waals surface area contributed by atoms with Gasteiger partial charge in [0, 0.05) is 29.6 Å². The van der Waals surface area contributed by atoms with E-state index in [0.717, 1.165) is 41.6 Å². The number of hydrogen-bond donors (Lipinski definition) is 1. The highest BCUT2D eigenvalue weighted by atomic mass is 16.5. The van der Waals surface area contributed by atoms with Gasteiger partial charge in [0.05, 0.1) is 17.7 Å². The third kappa shape index (κ3) is 5.06. The van der Waals surface area contributed by atoms with E-state index in [-0.39, 0.29) is 17.9 Å². The molecule has 2 aliphatic heterocycles. The van der Waals surface area contributed by atoms with Gasteiger partial charge in [0.15, 0.2) is 0 Å². The summed E-state index contributed by atoms with van der Waals surface area (Å²) in [6.07, 6.45) is 6.02. The molecule has 1 N–H and O–H groups in total. The maximum absolute atomic E-state index is 10.9. The fourth-order valence-electron chi connectivity index (χ4n) is 3.94. The highest BCUT2D eigenvalue weighted by molar-refractivity contribution is 6.21. The van der Waals surface area contributed by atoms with Crippen molar-refractivity contribution in [1.82, 2.24) is 10.3 Å². The van der Waals surface area contributed by atoms with Crippen molar-refractivity contribution >= 4 is 11.8 Å². The molecule has 33 heavy (non-hydrogen) atoms. The van der Waals surface area contributed by atoms with Crippen molar-refractivity contribution in [1.29, 1.82) is 0 Å². The van der Waals surface area contributed by atoms with Crippen LogP contribution in [-0.2, 0) is 0 Å². The summed E-state index contributed by atoms with van der Waals surface area (Å²) in [5.74, 6) is 1.90. The Morgan fingerprint density at radius 3 is 2.42 bits per heavy atom. The number of amides is 2. The Balaban J connectivity index is 0.000000196. The first-order valence-corrected chi connectivity index (χ1v) is 11.3. The fraction of sp³-hybridized carbons (Fsp3) is 0.296. The highest BCUT2D eigenvalue weighted by Gasteiger charge is 2.25. The van der Waals surface area contributed by atoms with Gasteiger partial charge in [-0.15, -0.1) is 0 Å². The molecule has 0 fully saturated rings. The van der Waals surface area contributed by atoms with Gasteiger partial charge >= 0.3 is 0 Å². The number of fused-ring (bicyclic) bond motifs is 4. The van der Waals surface area contributed by atoms with Gasteiger partial charge in [-0.25, -0.2) is 0 Å². The van der Waals surface area contributed by atoms with Crippen LogP contribution in [0.15, 0.2) is 60.9 Å². The first-order valence-electron chi connectivity index (χ1n) is 11.3. The van der Waals surface area contributed by atoms with Crippen LogP contribution in [0.25, 0.3) is 11.1 Å². The number of imide groups is 1. The standard InChI is InChI=1S/C19H23NO2.C8H5NO2/c1-13(2)5-4-10-21-15-6-7-17-16-8-9-20-12-18(16)14(3)22-19(17)11-15;10-7-5-3-1-2-4-6(5)8(11)9-7/h6-9,11-14H,4-5,10H2,1-3H3;1-4H,(H,9,10,11). The number of ether oxygens (including phenoxy) is 2. The Morgan fingerprint density at radius 2 is 1.73 bits per heavy atom. The Labute approximate surface area is 194 Å². The summed E-state index contributed by atoms with van der Waals surface area (Å²) in [4.78, 5) is 26.1. The van der Waals surface area contributed by atoms with Gasteiger partial charge in [0.25, 0.3) is 11.8 Å². The lowest BCUT2D eigenvalue weighted by Crippen LogP contribution is -2.19. The minimum absolute atomic E-state index is 0.0207. The Bertz CT molecular complexity index is 1140. The van der Waals surface area contributed by atoms with E-state index in [1.165, 1.54) is 12.0 Å². The minimum atomic E-state index is -0.300. The van der Waals surface area contributed by atoms with Crippen LogP contribution in [0, 0.1) is 5.92 Å². The zero-order valence-corrected chi connectivity index (χ0v) is 19.1. The monoisotopic (exact) mass is 444 g/mol. The molecule has 1 unspecified atom stereocenters. The van der Waals surface area contributed by atoms with Crippen molar-refractivity contribution in [2.45, 2.75) is 39.7 Å². The van der Waals surface area contributed by atoms with Crippen LogP contribution >= 0.6 is 0 Å². The average molecular weight is 445 g/mol. The molecule has 2 aliphatic rings. The smallest absolute Gasteiger partial charge is 0.258 e. The SMILES string of the molecule is CC(C)CCCOc1ccc2c(c1)OC(C)c1cnccc1-2.O=C1NC(=O)c2ccccc21. The minimum Gasteiger partial charge on any atom is -0.493 e. The molecule has 2 amide bonds. The van der Waals surface area contributed by atoms with E-state index < -0.39 is 0 Å². The second kappa shape index (κ2) is 9.86. The molecule has 0 saturated carbocycles. The van der Waals surface area contributed by atoms with Crippen LogP contribution in [0.4, 0.5) is 0 Å². The third-order valence-electron chi connectivity index (χ3n) is 5.67. The molecule has 0 spiro atoms. The van der Waals surface area contributed by atoms with Gasteiger partial charge in [0.2, 0.25) is 0 Å². The van der Waals surface area contributed by atoms with Gasteiger partial charge in [-0.3, -0.25) is 19.9 Å². The molecule has 6 heteroatoms. The summed E-state index contributed by atoms with van der Waals surface area (Å²) < 4.78 is 11.9. The molecule has 3 aromatic rings. The van der Waals surface area contributed by atoms with Gasteiger partial charge in [-0.1, -0.05) is 26.0 Å². The second-order valence-corrected chi connectivity index (χ2v) is 8.59. The third-order valence-corrected chi connectivity index (χ3v) is 5.67. The van der Waals surface area contributed by atoms with Crippen molar-refractivity contribution in [3.63, 3.8) is 0 Å². The number of aromatic nitrogens is 1. The van der Waals surface area contributed by atoms with Gasteiger partial charge in [-0.05, 0) is 61.6 Å². The zero-order chi connectivity index (χ0) is 23.4. The van der Waals surface area contributed by atoms with Crippen LogP contribution in [0.5, 0.6) is 11.5 Å². The number of nitrogens with one attached hydrogen (secondary N) is 1. The van der Waals surface area contributed by atoms with E-state index >= 15 is 0 Å². The number of nitrogens with zero attached hydrogens (tertiary/aromatic N) is 1. The summed E-state index contributed by atoms with van der Waals surface area (Å²) in [7, 11) is 0. The Kier molecular flexibility index (Phi) is 6.73. The van der Waals surface area contributed by atoms with Crippen molar-refractivity contribution < 1.29 is 19.1 Å². The Morgan fingerprint density at radius 1 is 1.00 bits per heavy atom. The predicted octanol–water partition coefficient (Wildman–Crippen LogP) is 5.59. The number of carbonyl (C=O) groups is 2. The van der Waals surface area contributed by atoms with Crippen molar-refractivity contribution in [3.8, 4) is 22.6 Å². The Hall–Kier alpha value is -3.67. The summed E-state index contributed by atoms with van der Waals surface area (Å²) >= 11 is 0. The van der Waals surface area contributed by atoms with E-state index in [1.807, 2.05) is 24.5 Å². The molecule has 170 valence electrons. The summed E-state index contributed by atoms with van der Waals surface area (Å²) in [6, 6.07) is 14.9. The lowest BCUT2D eigenvalue weighted by atomic mass is 9.95. The van der Waals surface area contributed by atoms with Crippen LogP contribution < -0.4 is 14.8 Å². The normalized spacial score (nSPS) is 15.5. The van der Waals surface area contributed by atoms with E-state index in [2.05, 4.69) is 43.2 Å². The summed E-state index contributed by atoms with van der Waals surface area (Å²) in [5.41, 5.74) is 4.40. The van der Waals surface area contributed by atoms with Gasteiger partial charge < -0.3 is 9.47 Å². The topological polar surface area (TPSA) is 77.5 Å². The predicted molar refractivity (Wildman–Crippen MR) is 127 cm³/mol. The number of rotatable bonds is 5. The lowest BCUT2D eigenvalue weighted by molar-refractivity contribution is 0.0879. The molecule has 0 aliphatic carbocycles. The van der Waals surface area contributed by atoms with Crippen LogP contribution in [0.1, 0.15) is 66.0 Å². The first kappa shape index (κ1) is 22.5. The largest absolute Gasteiger partial charge is 0.493 e. The molecule has 6 nitrogen and oxygen atoms in total. The number of carbonyl (C=O) groups excluding carboxylic acids is 2. The van der Waals surface area contributed by atoms with Crippen LogP contribution in [0.3, 0.4) is 0 Å². The second-order valence-electron chi connectivity index (χ2n) is 8.59. The first-order chi connectivity index (χ1) is 15.9. The zero-order valence-electron chi connectivity index (χ0n) is 19.1. The molecule has 0 bridgehead atoms. The maximum Gasteiger partial charge on any atom is 0.258 e. The van der Waals surface area contributed by atoms with E-state index in [1.54, 1.807) is 24.3 Å². The quantitative estimate of drug-likeness (QED) is 0.410. The molecule has 0 radical (unpaired) electrons.